The molecule has 0 saturated heterocycles. The highest BCUT2D eigenvalue weighted by Crippen LogP contribution is 2.08. The van der Waals surface area contributed by atoms with Gasteiger partial charge in [-0.05, 0) is 18.6 Å². The summed E-state index contributed by atoms with van der Waals surface area (Å²) >= 11 is 0. The van der Waals surface area contributed by atoms with Gasteiger partial charge in [-0.1, -0.05) is 41.1 Å². The fraction of sp³-hybridized carbons (Fsp3) is 0.167. The Balaban J connectivity index is 2.05. The normalized spacial score (nSPS) is 15.5. The maximum atomic E-state index is 10.7. The lowest BCUT2D eigenvalue weighted by molar-refractivity contribution is -0.140. The highest BCUT2D eigenvalue weighted by Gasteiger charge is 2.14. The molecule has 0 bridgehead atoms. The summed E-state index contributed by atoms with van der Waals surface area (Å²) in [5.74, 6) is -0.293. The molecule has 3 heteroatoms. The zero-order valence-corrected chi connectivity index (χ0v) is 8.43. The minimum atomic E-state index is -0.293. The van der Waals surface area contributed by atoms with Gasteiger partial charge in [0.1, 0.15) is 0 Å². The van der Waals surface area contributed by atoms with Gasteiger partial charge in [-0.25, -0.2) is 4.79 Å². The fourth-order valence-electron chi connectivity index (χ4n) is 1.28. The lowest BCUT2D eigenvalue weighted by atomic mass is 10.1. The quantitative estimate of drug-likeness (QED) is 0.689. The second kappa shape index (κ2) is 4.09. The van der Waals surface area contributed by atoms with E-state index in [2.05, 4.69) is 9.99 Å². The molecule has 3 nitrogen and oxygen atoms in total. The molecule has 0 unspecified atom stereocenters. The summed E-state index contributed by atoms with van der Waals surface area (Å²) in [4.78, 5) is 15.2. The first-order valence-corrected chi connectivity index (χ1v) is 4.75. The van der Waals surface area contributed by atoms with Crippen molar-refractivity contribution < 1.29 is 9.63 Å². The van der Waals surface area contributed by atoms with E-state index in [-0.39, 0.29) is 12.4 Å². The van der Waals surface area contributed by atoms with Gasteiger partial charge < -0.3 is 4.84 Å². The van der Waals surface area contributed by atoms with Gasteiger partial charge in [0.05, 0.1) is 12.1 Å². The monoisotopic (exact) mass is 201 g/mol. The molecule has 0 spiro atoms. The number of aryl methyl sites for hydroxylation is 1. The van der Waals surface area contributed by atoms with E-state index in [9.17, 15) is 4.79 Å². The topological polar surface area (TPSA) is 38.7 Å². The number of oxime groups is 1. The largest absolute Gasteiger partial charge is 0.341 e. The van der Waals surface area contributed by atoms with Gasteiger partial charge in [0.15, 0.2) is 0 Å². The number of rotatable bonds is 2. The average molecular weight is 201 g/mol. The van der Waals surface area contributed by atoms with Crippen molar-refractivity contribution in [1.29, 1.82) is 0 Å². The van der Waals surface area contributed by atoms with E-state index < -0.39 is 0 Å². The summed E-state index contributed by atoms with van der Waals surface area (Å²) in [6.45, 7) is 2.04. The predicted octanol–water partition coefficient (Wildman–Crippen LogP) is 2.31. The maximum Gasteiger partial charge on any atom is 0.341 e. The van der Waals surface area contributed by atoms with Crippen LogP contribution in [0.15, 0.2) is 35.5 Å². The molecule has 0 N–H and O–H groups in total. The zero-order chi connectivity index (χ0) is 10.7. The van der Waals surface area contributed by atoms with Crippen LogP contribution in [0, 0.1) is 6.92 Å². The Hall–Kier alpha value is -1.90. The van der Waals surface area contributed by atoms with Crippen LogP contribution < -0.4 is 0 Å². The second-order valence-corrected chi connectivity index (χ2v) is 3.47. The number of carbonyl (C=O) groups is 1. The van der Waals surface area contributed by atoms with Gasteiger partial charge in [0, 0.05) is 0 Å². The van der Waals surface area contributed by atoms with Gasteiger partial charge in [0.25, 0.3) is 0 Å². The first-order valence-electron chi connectivity index (χ1n) is 4.75. The third kappa shape index (κ3) is 2.53. The van der Waals surface area contributed by atoms with Crippen LogP contribution in [0.25, 0.3) is 6.08 Å². The van der Waals surface area contributed by atoms with Gasteiger partial charge in [-0.2, -0.15) is 0 Å². The summed E-state index contributed by atoms with van der Waals surface area (Å²) in [5.41, 5.74) is 2.98. The molecular formula is C12H11NO2. The van der Waals surface area contributed by atoms with E-state index in [1.54, 1.807) is 6.08 Å². The summed E-state index contributed by atoms with van der Waals surface area (Å²) in [5, 5.41) is 3.63. The van der Waals surface area contributed by atoms with E-state index in [4.69, 9.17) is 0 Å². The van der Waals surface area contributed by atoms with Crippen LogP contribution in [0.5, 0.6) is 0 Å². The van der Waals surface area contributed by atoms with E-state index in [0.29, 0.717) is 5.71 Å². The Bertz CT molecular complexity index is 429. The van der Waals surface area contributed by atoms with Crippen LogP contribution in [0.4, 0.5) is 0 Å². The van der Waals surface area contributed by atoms with Crippen molar-refractivity contribution in [2.24, 2.45) is 5.16 Å². The van der Waals surface area contributed by atoms with Crippen LogP contribution in [-0.2, 0) is 9.63 Å². The first kappa shape index (κ1) is 9.65. The van der Waals surface area contributed by atoms with Crippen LogP contribution >= 0.6 is 0 Å². The van der Waals surface area contributed by atoms with Crippen molar-refractivity contribution in [3.05, 3.63) is 41.5 Å². The third-order valence-corrected chi connectivity index (χ3v) is 2.14. The van der Waals surface area contributed by atoms with Gasteiger partial charge in [-0.3, -0.25) is 0 Å². The Morgan fingerprint density at radius 3 is 2.60 bits per heavy atom. The molecule has 0 saturated carbocycles. The number of allylic oxidation sites excluding steroid dienone is 1. The van der Waals surface area contributed by atoms with Gasteiger partial charge in [-0.15, -0.1) is 0 Å². The van der Waals surface area contributed by atoms with Crippen LogP contribution in [0.1, 0.15) is 17.5 Å². The molecule has 76 valence electrons. The Kier molecular flexibility index (Phi) is 2.63. The zero-order valence-electron chi connectivity index (χ0n) is 8.43. The smallest absolute Gasteiger partial charge is 0.318 e. The number of hydrogen-bond donors (Lipinski definition) is 0. The molecule has 1 aliphatic heterocycles. The SMILES string of the molecule is Cc1ccc(/C=C/C2=NOC(=O)C2)cc1. The second-order valence-electron chi connectivity index (χ2n) is 3.47. The maximum absolute atomic E-state index is 10.7. The van der Waals surface area contributed by atoms with Crippen molar-refractivity contribution in [2.45, 2.75) is 13.3 Å². The molecule has 15 heavy (non-hydrogen) atoms. The molecular weight excluding hydrogens is 190 g/mol. The molecule has 1 aromatic rings. The lowest BCUT2D eigenvalue weighted by Crippen LogP contribution is -1.94. The number of nitrogens with zero attached hydrogens (tertiary/aromatic N) is 1. The van der Waals surface area contributed by atoms with E-state index in [1.807, 2.05) is 37.3 Å². The van der Waals surface area contributed by atoms with Gasteiger partial charge in [0.2, 0.25) is 0 Å². The summed E-state index contributed by atoms with van der Waals surface area (Å²) in [7, 11) is 0. The summed E-state index contributed by atoms with van der Waals surface area (Å²) in [6.07, 6.45) is 3.98. The first-order chi connectivity index (χ1) is 7.24. The molecule has 1 aromatic carbocycles. The Morgan fingerprint density at radius 2 is 2.00 bits per heavy atom. The molecule has 0 aliphatic carbocycles. The molecule has 0 radical (unpaired) electrons. The van der Waals surface area contributed by atoms with E-state index in [0.717, 1.165) is 5.56 Å². The molecule has 0 aromatic heterocycles. The Morgan fingerprint density at radius 1 is 1.27 bits per heavy atom. The highest BCUT2D eigenvalue weighted by atomic mass is 16.7. The minimum absolute atomic E-state index is 0.266. The standard InChI is InChI=1S/C12H11NO2/c1-9-2-4-10(5-3-9)6-7-11-8-12(14)15-13-11/h2-7H,8H2,1H3/b7-6+. The van der Waals surface area contributed by atoms with Crippen molar-refractivity contribution in [1.82, 2.24) is 0 Å². The van der Waals surface area contributed by atoms with Crippen LogP contribution in [0.2, 0.25) is 0 Å². The van der Waals surface area contributed by atoms with Gasteiger partial charge >= 0.3 is 5.97 Å². The molecule has 1 heterocycles. The van der Waals surface area contributed by atoms with E-state index in [1.165, 1.54) is 5.56 Å². The highest BCUT2D eigenvalue weighted by molar-refractivity contribution is 6.09. The third-order valence-electron chi connectivity index (χ3n) is 2.14. The number of benzene rings is 1. The van der Waals surface area contributed by atoms with Crippen LogP contribution in [0.3, 0.4) is 0 Å². The van der Waals surface area contributed by atoms with Crippen molar-refractivity contribution in [3.8, 4) is 0 Å². The van der Waals surface area contributed by atoms with Crippen molar-refractivity contribution in [2.75, 3.05) is 0 Å². The predicted molar refractivity (Wildman–Crippen MR) is 58.4 cm³/mol. The number of carbonyl (C=O) groups excluding carboxylic acids is 1. The average Bonchev–Trinajstić information content (AvgIpc) is 2.64. The minimum Gasteiger partial charge on any atom is -0.318 e. The molecule has 1 aliphatic rings. The van der Waals surface area contributed by atoms with Crippen LogP contribution in [-0.4, -0.2) is 11.7 Å². The molecule has 0 fully saturated rings. The fourth-order valence-corrected chi connectivity index (χ4v) is 1.28. The van der Waals surface area contributed by atoms with E-state index >= 15 is 0 Å². The Labute approximate surface area is 88.1 Å². The van der Waals surface area contributed by atoms with Crippen molar-refractivity contribution >= 4 is 17.8 Å². The number of hydrogen-bond acceptors (Lipinski definition) is 3. The van der Waals surface area contributed by atoms with Crippen molar-refractivity contribution in [3.63, 3.8) is 0 Å². The molecule has 2 rings (SSSR count). The summed E-state index contributed by atoms with van der Waals surface area (Å²) in [6, 6.07) is 8.11. The molecule has 0 atom stereocenters. The lowest BCUT2D eigenvalue weighted by Gasteiger charge is -1.93. The summed E-state index contributed by atoms with van der Waals surface area (Å²) < 4.78 is 0. The molecule has 0 amide bonds.